The average Bonchev–Trinajstić information content (AvgIpc) is 2.68. The highest BCUT2D eigenvalue weighted by Crippen LogP contribution is 2.19. The number of hydrogen-bond donors (Lipinski definition) is 1. The van der Waals surface area contributed by atoms with Gasteiger partial charge in [-0.3, -0.25) is 9.00 Å². The van der Waals surface area contributed by atoms with Crippen LogP contribution in [0.5, 0.6) is 0 Å². The maximum absolute atomic E-state index is 12.5. The van der Waals surface area contributed by atoms with Crippen molar-refractivity contribution in [3.8, 4) is 0 Å². The molecule has 6 heteroatoms. The number of ether oxygens (including phenoxy) is 1. The van der Waals surface area contributed by atoms with Gasteiger partial charge in [0.15, 0.2) is 0 Å². The zero-order chi connectivity index (χ0) is 19.1. The Hall–Kier alpha value is -1.69. The van der Waals surface area contributed by atoms with Crippen molar-refractivity contribution in [1.29, 1.82) is 0 Å². The van der Waals surface area contributed by atoms with Crippen LogP contribution in [-0.2, 0) is 32.5 Å². The minimum atomic E-state index is -0.912. The predicted octanol–water partition coefficient (Wildman–Crippen LogP) is 4.34. The van der Waals surface area contributed by atoms with E-state index in [4.69, 9.17) is 16.3 Å². The summed E-state index contributed by atoms with van der Waals surface area (Å²) in [6.07, 6.45) is 2.78. The van der Waals surface area contributed by atoms with E-state index in [1.54, 1.807) is 0 Å². The molecule has 2 aromatic rings. The van der Waals surface area contributed by atoms with Gasteiger partial charge >= 0.3 is 0 Å². The molecule has 27 heavy (non-hydrogen) atoms. The quantitative estimate of drug-likeness (QED) is 0.745. The van der Waals surface area contributed by atoms with Crippen LogP contribution < -0.4 is 5.32 Å². The number of rotatable bonds is 7. The van der Waals surface area contributed by atoms with Crippen molar-refractivity contribution in [3.63, 3.8) is 0 Å². The van der Waals surface area contributed by atoms with Crippen molar-refractivity contribution in [2.75, 3.05) is 18.5 Å². The molecule has 0 radical (unpaired) electrons. The molecule has 1 saturated heterocycles. The summed E-state index contributed by atoms with van der Waals surface area (Å²) < 4.78 is 17.9. The van der Waals surface area contributed by atoms with Gasteiger partial charge in [-0.05, 0) is 54.7 Å². The van der Waals surface area contributed by atoms with Crippen LogP contribution in [0.4, 0.5) is 5.69 Å². The first-order valence-electron chi connectivity index (χ1n) is 9.18. The van der Waals surface area contributed by atoms with Gasteiger partial charge < -0.3 is 10.1 Å². The first-order valence-corrected chi connectivity index (χ1v) is 10.9. The molecule has 1 unspecified atom stereocenters. The number of carbonyl (C=O) groups is 1. The number of carbonyl (C=O) groups excluding carboxylic acids is 1. The van der Waals surface area contributed by atoms with Crippen LogP contribution in [0.2, 0.25) is 5.02 Å². The predicted molar refractivity (Wildman–Crippen MR) is 111 cm³/mol. The second kappa shape index (κ2) is 10.0. The van der Waals surface area contributed by atoms with Gasteiger partial charge in [-0.2, -0.15) is 0 Å². The van der Waals surface area contributed by atoms with E-state index in [9.17, 15) is 9.00 Å². The highest BCUT2D eigenvalue weighted by molar-refractivity contribution is 7.84. The Bertz CT molecular complexity index is 788. The molecule has 0 spiro atoms. The second-order valence-electron chi connectivity index (χ2n) is 6.71. The number of benzene rings is 2. The van der Waals surface area contributed by atoms with Crippen LogP contribution in [0, 0.1) is 0 Å². The van der Waals surface area contributed by atoms with Crippen molar-refractivity contribution < 1.29 is 13.7 Å². The van der Waals surface area contributed by atoms with Crippen molar-refractivity contribution in [2.45, 2.75) is 36.7 Å². The minimum Gasteiger partial charge on any atom is -0.381 e. The summed E-state index contributed by atoms with van der Waals surface area (Å²) in [6, 6.07) is 15.2. The standard InChI is InChI=1S/C21H24ClNO3S/c22-18-7-4-16(5-8-18)6-9-21(24)23-19-3-1-2-17(14-19)15-27(25)20-10-12-26-13-11-20/h1-5,7-8,14,20H,6,9-13,15H2,(H,23,24). The summed E-state index contributed by atoms with van der Waals surface area (Å²) in [5.74, 6) is 0.478. The second-order valence-corrected chi connectivity index (χ2v) is 8.87. The van der Waals surface area contributed by atoms with Crippen LogP contribution in [0.15, 0.2) is 48.5 Å². The van der Waals surface area contributed by atoms with E-state index in [0.717, 1.165) is 29.7 Å². The Balaban J connectivity index is 1.51. The lowest BCUT2D eigenvalue weighted by Crippen LogP contribution is -2.25. The summed E-state index contributed by atoms with van der Waals surface area (Å²) in [7, 11) is -0.912. The largest absolute Gasteiger partial charge is 0.381 e. The van der Waals surface area contributed by atoms with Crippen molar-refractivity contribution in [1.82, 2.24) is 0 Å². The van der Waals surface area contributed by atoms with Gasteiger partial charge in [-0.15, -0.1) is 0 Å². The van der Waals surface area contributed by atoms with Crippen LogP contribution in [0.1, 0.15) is 30.4 Å². The summed E-state index contributed by atoms with van der Waals surface area (Å²) in [4.78, 5) is 12.2. The molecule has 0 saturated carbocycles. The third kappa shape index (κ3) is 6.45. The van der Waals surface area contributed by atoms with E-state index in [1.807, 2.05) is 48.5 Å². The number of amides is 1. The molecular formula is C21H24ClNO3S. The zero-order valence-electron chi connectivity index (χ0n) is 15.2. The molecule has 3 rings (SSSR count). The molecular weight excluding hydrogens is 382 g/mol. The molecule has 0 bridgehead atoms. The molecule has 1 heterocycles. The SMILES string of the molecule is O=C(CCc1ccc(Cl)cc1)Nc1cccc(CS(=O)C2CCOCC2)c1. The van der Waals surface area contributed by atoms with Crippen LogP contribution in [-0.4, -0.2) is 28.6 Å². The maximum Gasteiger partial charge on any atom is 0.224 e. The zero-order valence-corrected chi connectivity index (χ0v) is 16.7. The molecule has 1 atom stereocenters. The van der Waals surface area contributed by atoms with Gasteiger partial charge in [0.25, 0.3) is 0 Å². The molecule has 0 aliphatic carbocycles. The van der Waals surface area contributed by atoms with E-state index in [2.05, 4.69) is 5.32 Å². The minimum absolute atomic E-state index is 0.0346. The van der Waals surface area contributed by atoms with Crippen molar-refractivity contribution >= 4 is 34.0 Å². The average molecular weight is 406 g/mol. The first-order chi connectivity index (χ1) is 13.1. The Morgan fingerprint density at radius 1 is 1.11 bits per heavy atom. The number of anilines is 1. The van der Waals surface area contributed by atoms with Crippen LogP contribution in [0.25, 0.3) is 0 Å². The van der Waals surface area contributed by atoms with Gasteiger partial charge in [-0.25, -0.2) is 0 Å². The summed E-state index contributed by atoms with van der Waals surface area (Å²) >= 11 is 5.87. The highest BCUT2D eigenvalue weighted by atomic mass is 35.5. The molecule has 1 aliphatic rings. The van der Waals surface area contributed by atoms with Crippen LogP contribution >= 0.6 is 11.6 Å². The first kappa shape index (κ1) is 20.1. The van der Waals surface area contributed by atoms with E-state index in [1.165, 1.54) is 0 Å². The third-order valence-electron chi connectivity index (χ3n) is 4.61. The Morgan fingerprint density at radius 3 is 2.59 bits per heavy atom. The molecule has 1 amide bonds. The van der Waals surface area contributed by atoms with Crippen molar-refractivity contribution in [3.05, 3.63) is 64.7 Å². The van der Waals surface area contributed by atoms with Gasteiger partial charge in [0, 0.05) is 52.1 Å². The lowest BCUT2D eigenvalue weighted by molar-refractivity contribution is -0.116. The monoisotopic (exact) mass is 405 g/mol. The van der Waals surface area contributed by atoms with E-state index in [-0.39, 0.29) is 11.2 Å². The molecule has 144 valence electrons. The lowest BCUT2D eigenvalue weighted by Gasteiger charge is -2.21. The number of nitrogens with one attached hydrogen (secondary N) is 1. The summed E-state index contributed by atoms with van der Waals surface area (Å²) in [6.45, 7) is 1.39. The Kier molecular flexibility index (Phi) is 7.44. The Morgan fingerprint density at radius 2 is 1.85 bits per heavy atom. The summed E-state index contributed by atoms with van der Waals surface area (Å²) in [5.41, 5.74) is 2.81. The molecule has 1 fully saturated rings. The fourth-order valence-corrected chi connectivity index (χ4v) is 4.68. The Labute approximate surface area is 167 Å². The van der Waals surface area contributed by atoms with Gasteiger partial charge in [-0.1, -0.05) is 35.9 Å². The third-order valence-corrected chi connectivity index (χ3v) is 6.70. The highest BCUT2D eigenvalue weighted by Gasteiger charge is 2.20. The normalized spacial score (nSPS) is 16.0. The lowest BCUT2D eigenvalue weighted by atomic mass is 10.1. The molecule has 1 N–H and O–H groups in total. The van der Waals surface area contributed by atoms with Gasteiger partial charge in [0.05, 0.1) is 0 Å². The summed E-state index contributed by atoms with van der Waals surface area (Å²) in [5, 5.41) is 3.83. The fourth-order valence-electron chi connectivity index (χ4n) is 3.09. The van der Waals surface area contributed by atoms with Gasteiger partial charge in [0.2, 0.25) is 5.91 Å². The molecule has 1 aliphatic heterocycles. The maximum atomic E-state index is 12.5. The van der Waals surface area contributed by atoms with E-state index >= 15 is 0 Å². The number of halogens is 1. The van der Waals surface area contributed by atoms with Gasteiger partial charge in [0.1, 0.15) is 0 Å². The van der Waals surface area contributed by atoms with Crippen molar-refractivity contribution in [2.24, 2.45) is 0 Å². The van der Waals surface area contributed by atoms with E-state index < -0.39 is 10.8 Å². The van der Waals surface area contributed by atoms with E-state index in [0.29, 0.717) is 36.8 Å². The fraction of sp³-hybridized carbons (Fsp3) is 0.381. The topological polar surface area (TPSA) is 55.4 Å². The van der Waals surface area contributed by atoms with Crippen LogP contribution in [0.3, 0.4) is 0 Å². The smallest absolute Gasteiger partial charge is 0.224 e. The molecule has 0 aromatic heterocycles. The molecule has 4 nitrogen and oxygen atoms in total. The number of aryl methyl sites for hydroxylation is 1. The number of hydrogen-bond acceptors (Lipinski definition) is 3. The molecule has 2 aromatic carbocycles.